The van der Waals surface area contributed by atoms with E-state index in [0.717, 1.165) is 25.9 Å². The predicted octanol–water partition coefficient (Wildman–Crippen LogP) is 3.58. The first-order chi connectivity index (χ1) is 8.85. The zero-order valence-electron chi connectivity index (χ0n) is 10.6. The van der Waals surface area contributed by atoms with Crippen LogP contribution in [0.1, 0.15) is 18.9 Å². The van der Waals surface area contributed by atoms with Crippen LogP contribution in [0.2, 0.25) is 0 Å². The molecule has 1 aromatic carbocycles. The second-order valence-electron chi connectivity index (χ2n) is 4.45. The van der Waals surface area contributed by atoms with E-state index in [1.165, 1.54) is 15.6 Å². The van der Waals surface area contributed by atoms with Crippen LogP contribution in [-0.4, -0.2) is 13.1 Å². The molecule has 1 atom stereocenters. The Hall–Kier alpha value is -1.37. The number of rotatable bonds is 6. The minimum absolute atomic E-state index is 0.143. The molecule has 1 unspecified atom stereocenters. The van der Waals surface area contributed by atoms with Gasteiger partial charge in [-0.05, 0) is 41.8 Å². The van der Waals surface area contributed by atoms with Gasteiger partial charge in [-0.25, -0.2) is 0 Å². The van der Waals surface area contributed by atoms with E-state index >= 15 is 0 Å². The molecule has 0 aliphatic heterocycles. The van der Waals surface area contributed by atoms with Crippen molar-refractivity contribution in [3.05, 3.63) is 35.2 Å². The van der Waals surface area contributed by atoms with Gasteiger partial charge >= 0.3 is 0 Å². The standard InChI is InChI=1S/C15H18N2S/c1-2-12(9-16)10-17-8-7-13-11-18-15-6-4-3-5-14(13)15/h3-6,11-12,17H,2,7-8,10H2,1H3. The lowest BCUT2D eigenvalue weighted by Gasteiger charge is -2.07. The fourth-order valence-corrected chi connectivity index (χ4v) is 3.00. The molecule has 1 N–H and O–H groups in total. The van der Waals surface area contributed by atoms with Crippen LogP contribution in [0, 0.1) is 17.2 Å². The van der Waals surface area contributed by atoms with Gasteiger partial charge in [0, 0.05) is 11.2 Å². The van der Waals surface area contributed by atoms with E-state index in [1.807, 2.05) is 11.3 Å². The molecule has 0 saturated heterocycles. The van der Waals surface area contributed by atoms with Crippen molar-refractivity contribution in [3.63, 3.8) is 0 Å². The third kappa shape index (κ3) is 3.10. The van der Waals surface area contributed by atoms with Crippen LogP contribution in [0.15, 0.2) is 29.6 Å². The molecule has 0 spiro atoms. The maximum atomic E-state index is 8.86. The maximum Gasteiger partial charge on any atom is 0.0669 e. The summed E-state index contributed by atoms with van der Waals surface area (Å²) in [5.41, 5.74) is 1.41. The molecule has 0 bridgehead atoms. The van der Waals surface area contributed by atoms with E-state index < -0.39 is 0 Å². The Labute approximate surface area is 112 Å². The summed E-state index contributed by atoms with van der Waals surface area (Å²) in [6, 6.07) is 10.8. The van der Waals surface area contributed by atoms with Crippen LogP contribution in [-0.2, 0) is 6.42 Å². The van der Waals surface area contributed by atoms with Crippen LogP contribution in [0.4, 0.5) is 0 Å². The minimum atomic E-state index is 0.143. The molecule has 0 amide bonds. The van der Waals surface area contributed by atoms with E-state index in [2.05, 4.69) is 48.0 Å². The van der Waals surface area contributed by atoms with Crippen LogP contribution >= 0.6 is 11.3 Å². The Kier molecular flexibility index (Phi) is 4.74. The van der Waals surface area contributed by atoms with Gasteiger partial charge in [0.1, 0.15) is 0 Å². The summed E-state index contributed by atoms with van der Waals surface area (Å²) < 4.78 is 1.36. The van der Waals surface area contributed by atoms with E-state index in [4.69, 9.17) is 5.26 Å². The zero-order valence-corrected chi connectivity index (χ0v) is 11.5. The lowest BCUT2D eigenvalue weighted by atomic mass is 10.1. The quantitative estimate of drug-likeness (QED) is 0.804. The van der Waals surface area contributed by atoms with E-state index in [0.29, 0.717) is 0 Å². The van der Waals surface area contributed by atoms with Crippen molar-refractivity contribution in [2.24, 2.45) is 5.92 Å². The first-order valence-corrected chi connectivity index (χ1v) is 7.28. The van der Waals surface area contributed by atoms with E-state index in [9.17, 15) is 0 Å². The van der Waals surface area contributed by atoms with Crippen molar-refractivity contribution in [2.75, 3.05) is 13.1 Å². The number of thiophene rings is 1. The van der Waals surface area contributed by atoms with Crippen molar-refractivity contribution < 1.29 is 0 Å². The van der Waals surface area contributed by atoms with Gasteiger partial charge in [0.15, 0.2) is 0 Å². The van der Waals surface area contributed by atoms with Crippen LogP contribution in [0.5, 0.6) is 0 Å². The predicted molar refractivity (Wildman–Crippen MR) is 77.8 cm³/mol. The van der Waals surface area contributed by atoms with Gasteiger partial charge in [-0.2, -0.15) is 5.26 Å². The molecule has 0 aliphatic carbocycles. The maximum absolute atomic E-state index is 8.86. The highest BCUT2D eigenvalue weighted by atomic mass is 32.1. The van der Waals surface area contributed by atoms with Crippen LogP contribution < -0.4 is 5.32 Å². The highest BCUT2D eigenvalue weighted by molar-refractivity contribution is 7.17. The third-order valence-corrected chi connectivity index (χ3v) is 4.21. The monoisotopic (exact) mass is 258 g/mol. The van der Waals surface area contributed by atoms with Gasteiger partial charge in [0.05, 0.1) is 12.0 Å². The topological polar surface area (TPSA) is 35.8 Å². The van der Waals surface area contributed by atoms with Gasteiger partial charge in [-0.1, -0.05) is 25.1 Å². The van der Waals surface area contributed by atoms with Crippen molar-refractivity contribution in [2.45, 2.75) is 19.8 Å². The van der Waals surface area contributed by atoms with Gasteiger partial charge < -0.3 is 5.32 Å². The molecule has 0 radical (unpaired) electrons. The van der Waals surface area contributed by atoms with Gasteiger partial charge in [-0.15, -0.1) is 11.3 Å². The fraction of sp³-hybridized carbons (Fsp3) is 0.400. The Morgan fingerprint density at radius 3 is 3.00 bits per heavy atom. The largest absolute Gasteiger partial charge is 0.315 e. The summed E-state index contributed by atoms with van der Waals surface area (Å²) in [5, 5.41) is 15.9. The molecule has 94 valence electrons. The smallest absolute Gasteiger partial charge is 0.0669 e. The molecular formula is C15H18N2S. The molecule has 1 aromatic heterocycles. The second kappa shape index (κ2) is 6.53. The Morgan fingerprint density at radius 1 is 1.39 bits per heavy atom. The number of benzene rings is 1. The van der Waals surface area contributed by atoms with Crippen molar-refractivity contribution >= 4 is 21.4 Å². The Morgan fingerprint density at radius 2 is 2.22 bits per heavy atom. The molecule has 2 nitrogen and oxygen atoms in total. The van der Waals surface area contributed by atoms with Crippen molar-refractivity contribution in [1.82, 2.24) is 5.32 Å². The molecular weight excluding hydrogens is 240 g/mol. The molecule has 0 aliphatic rings. The Balaban J connectivity index is 1.86. The number of hydrogen-bond donors (Lipinski definition) is 1. The normalized spacial score (nSPS) is 12.4. The summed E-state index contributed by atoms with van der Waals surface area (Å²) in [6.07, 6.45) is 1.96. The third-order valence-electron chi connectivity index (χ3n) is 3.20. The first kappa shape index (κ1) is 13.1. The summed E-state index contributed by atoms with van der Waals surface area (Å²) in [6.45, 7) is 3.80. The summed E-state index contributed by atoms with van der Waals surface area (Å²) in [4.78, 5) is 0. The number of hydrogen-bond acceptors (Lipinski definition) is 3. The first-order valence-electron chi connectivity index (χ1n) is 6.40. The summed E-state index contributed by atoms with van der Waals surface area (Å²) in [7, 11) is 0. The lowest BCUT2D eigenvalue weighted by molar-refractivity contribution is 0.555. The molecule has 18 heavy (non-hydrogen) atoms. The van der Waals surface area contributed by atoms with Crippen molar-refractivity contribution in [3.8, 4) is 6.07 Å². The summed E-state index contributed by atoms with van der Waals surface area (Å²) >= 11 is 1.81. The molecule has 2 rings (SSSR count). The number of nitriles is 1. The Bertz CT molecular complexity index is 539. The highest BCUT2D eigenvalue weighted by Crippen LogP contribution is 2.25. The van der Waals surface area contributed by atoms with Crippen molar-refractivity contribution in [1.29, 1.82) is 5.26 Å². The average molecular weight is 258 g/mol. The lowest BCUT2D eigenvalue weighted by Crippen LogP contribution is -2.23. The number of nitrogens with one attached hydrogen (secondary N) is 1. The molecule has 3 heteroatoms. The number of fused-ring (bicyclic) bond motifs is 1. The summed E-state index contributed by atoms with van der Waals surface area (Å²) in [5.74, 6) is 0.143. The number of nitrogens with zero attached hydrogens (tertiary/aromatic N) is 1. The van der Waals surface area contributed by atoms with Gasteiger partial charge in [-0.3, -0.25) is 0 Å². The van der Waals surface area contributed by atoms with E-state index in [-0.39, 0.29) is 5.92 Å². The van der Waals surface area contributed by atoms with Gasteiger partial charge in [0.25, 0.3) is 0 Å². The second-order valence-corrected chi connectivity index (χ2v) is 5.36. The SMILES string of the molecule is CCC(C#N)CNCCc1csc2ccccc12. The zero-order chi connectivity index (χ0) is 12.8. The molecule has 0 fully saturated rings. The van der Waals surface area contributed by atoms with Gasteiger partial charge in [0.2, 0.25) is 0 Å². The molecule has 1 heterocycles. The average Bonchev–Trinajstić information content (AvgIpc) is 2.82. The molecule has 2 aromatic rings. The van der Waals surface area contributed by atoms with Crippen LogP contribution in [0.3, 0.4) is 0 Å². The van der Waals surface area contributed by atoms with Crippen LogP contribution in [0.25, 0.3) is 10.1 Å². The highest BCUT2D eigenvalue weighted by Gasteiger charge is 2.05. The molecule has 0 saturated carbocycles. The fourth-order valence-electron chi connectivity index (χ4n) is 2.01. The minimum Gasteiger partial charge on any atom is -0.315 e. The van der Waals surface area contributed by atoms with E-state index in [1.54, 1.807) is 0 Å².